The van der Waals surface area contributed by atoms with Gasteiger partial charge in [0.2, 0.25) is 0 Å². The Morgan fingerprint density at radius 2 is 2.26 bits per heavy atom. The summed E-state index contributed by atoms with van der Waals surface area (Å²) in [6, 6.07) is 1.70. The number of thiazole rings is 1. The highest BCUT2D eigenvalue weighted by Gasteiger charge is 2.59. The topological polar surface area (TPSA) is 141 Å². The number of aliphatic hydroxyl groups excluding tert-OH is 2. The summed E-state index contributed by atoms with van der Waals surface area (Å²) in [5, 5.41) is 32.0. The number of ether oxygens (including phenoxy) is 2. The highest BCUT2D eigenvalue weighted by atomic mass is 32.1. The molecule has 1 fully saturated rings. The summed E-state index contributed by atoms with van der Waals surface area (Å²) in [5.74, 6) is 2.54. The monoisotopic (exact) mass is 460 g/mol. The number of rotatable bonds is 5. The molecule has 4 rings (SSSR count). The molecule has 31 heavy (non-hydrogen) atoms. The second-order valence-electron chi connectivity index (χ2n) is 6.90. The van der Waals surface area contributed by atoms with Crippen molar-refractivity contribution in [1.82, 2.24) is 25.0 Å². The van der Waals surface area contributed by atoms with E-state index in [-0.39, 0.29) is 0 Å². The van der Waals surface area contributed by atoms with Crippen LogP contribution in [-0.4, -0.2) is 72.6 Å². The highest BCUT2D eigenvalue weighted by Crippen LogP contribution is 2.44. The van der Waals surface area contributed by atoms with Crippen LogP contribution in [0.4, 0.5) is 5.13 Å². The van der Waals surface area contributed by atoms with Crippen molar-refractivity contribution < 1.29 is 19.7 Å². The molecule has 4 N–H and O–H groups in total. The zero-order valence-electron chi connectivity index (χ0n) is 16.4. The van der Waals surface area contributed by atoms with Crippen molar-refractivity contribution in [1.29, 1.82) is 0 Å². The van der Waals surface area contributed by atoms with Crippen LogP contribution in [0.3, 0.4) is 0 Å². The van der Waals surface area contributed by atoms with E-state index < -0.39 is 35.9 Å². The minimum Gasteiger partial charge on any atom is -0.394 e. The maximum Gasteiger partial charge on any atom is 0.180 e. The zero-order chi connectivity index (χ0) is 22.2. The molecule has 12 heteroatoms. The molecule has 4 heterocycles. The van der Waals surface area contributed by atoms with E-state index in [1.807, 2.05) is 0 Å². The third-order valence-corrected chi connectivity index (χ3v) is 6.33. The van der Waals surface area contributed by atoms with E-state index in [4.69, 9.17) is 21.6 Å². The Balaban J connectivity index is 1.97. The lowest BCUT2D eigenvalue weighted by molar-refractivity contribution is -0.213. The molecular weight excluding hydrogens is 440 g/mol. The maximum atomic E-state index is 11.5. The summed E-state index contributed by atoms with van der Waals surface area (Å²) in [6.07, 6.45) is 7.14. The van der Waals surface area contributed by atoms with Crippen molar-refractivity contribution in [3.05, 3.63) is 41.2 Å². The molecule has 0 aliphatic carbocycles. The fraction of sp³-hybridized carbons (Fsp3) is 0.368. The highest BCUT2D eigenvalue weighted by molar-refractivity contribution is 7.80. The number of aliphatic hydroxyl groups is 2. The molecule has 0 spiro atoms. The van der Waals surface area contributed by atoms with Gasteiger partial charge in [0.1, 0.15) is 40.7 Å². The quantitative estimate of drug-likeness (QED) is 0.309. The van der Waals surface area contributed by atoms with Gasteiger partial charge < -0.3 is 25.4 Å². The van der Waals surface area contributed by atoms with Crippen LogP contribution >= 0.6 is 24.0 Å². The van der Waals surface area contributed by atoms with Crippen LogP contribution in [0.15, 0.2) is 30.0 Å². The molecule has 0 amide bonds. The van der Waals surface area contributed by atoms with E-state index in [0.29, 0.717) is 27.6 Å². The number of nitrogens with two attached hydrogens (primary N) is 1. The zero-order valence-corrected chi connectivity index (χ0v) is 18.1. The number of nitrogens with zero attached hydrogens (tertiary/aromatic N) is 5. The molecule has 0 saturated carbocycles. The van der Waals surface area contributed by atoms with E-state index >= 15 is 0 Å². The Kier molecular flexibility index (Phi) is 5.98. The maximum absolute atomic E-state index is 11.5. The molecule has 5 atom stereocenters. The van der Waals surface area contributed by atoms with E-state index in [2.05, 4.69) is 38.8 Å². The van der Waals surface area contributed by atoms with Crippen LogP contribution in [0.1, 0.15) is 11.1 Å². The lowest BCUT2D eigenvalue weighted by Crippen LogP contribution is -2.67. The van der Waals surface area contributed by atoms with Crippen molar-refractivity contribution >= 4 is 29.1 Å². The third-order valence-electron chi connectivity index (χ3n) is 5.27. The van der Waals surface area contributed by atoms with Gasteiger partial charge in [0.15, 0.2) is 5.13 Å². The van der Waals surface area contributed by atoms with Crippen LogP contribution in [0, 0.1) is 12.3 Å². The average Bonchev–Trinajstić information content (AvgIpc) is 3.44. The third kappa shape index (κ3) is 3.49. The van der Waals surface area contributed by atoms with Gasteiger partial charge in [0.25, 0.3) is 0 Å². The fourth-order valence-corrected chi connectivity index (χ4v) is 4.93. The minimum absolute atomic E-state index is 0.391. The van der Waals surface area contributed by atoms with Crippen molar-refractivity contribution in [2.24, 2.45) is 0 Å². The number of aromatic nitrogens is 5. The number of thiol groups is 1. The lowest BCUT2D eigenvalue weighted by Gasteiger charge is -2.51. The van der Waals surface area contributed by atoms with Gasteiger partial charge in [-0.25, -0.2) is 9.67 Å². The first-order chi connectivity index (χ1) is 14.9. The van der Waals surface area contributed by atoms with E-state index in [1.165, 1.54) is 29.3 Å². The van der Waals surface area contributed by atoms with Gasteiger partial charge in [0, 0.05) is 36.0 Å². The Bertz CT molecular complexity index is 1110. The minimum atomic E-state index is -1.42. The van der Waals surface area contributed by atoms with Gasteiger partial charge in [0.05, 0.1) is 12.8 Å². The molecular formula is C19H20N6O4S2. The van der Waals surface area contributed by atoms with Crippen molar-refractivity contribution in [2.45, 2.75) is 29.3 Å². The van der Waals surface area contributed by atoms with E-state index in [0.717, 1.165) is 0 Å². The molecule has 1 saturated heterocycles. The summed E-state index contributed by atoms with van der Waals surface area (Å²) in [7, 11) is 1.47. The van der Waals surface area contributed by atoms with Crippen LogP contribution in [0.25, 0.3) is 11.4 Å². The summed E-state index contributed by atoms with van der Waals surface area (Å²) in [6.45, 7) is -0.456. The Morgan fingerprint density at radius 1 is 1.45 bits per heavy atom. The first kappa shape index (κ1) is 21.7. The second kappa shape index (κ2) is 8.54. The molecule has 0 bridgehead atoms. The van der Waals surface area contributed by atoms with Crippen molar-refractivity contribution in [2.75, 3.05) is 19.5 Å². The van der Waals surface area contributed by atoms with Crippen LogP contribution < -0.4 is 5.73 Å². The summed E-state index contributed by atoms with van der Waals surface area (Å²) in [4.78, 5) is 8.46. The van der Waals surface area contributed by atoms with Crippen LogP contribution in [0.2, 0.25) is 0 Å². The SMILES string of the molecule is C#Cc1cncc(C2(n3cc(-c4csc(N)n4)nn3)[C@@H](O)[C@@H](CO)O[C@H](S)[C@@H]2OC)c1. The van der Waals surface area contributed by atoms with E-state index in [1.54, 1.807) is 23.8 Å². The second-order valence-corrected chi connectivity index (χ2v) is 8.30. The van der Waals surface area contributed by atoms with Gasteiger partial charge in [-0.15, -0.1) is 35.5 Å². The predicted octanol–water partition coefficient (Wildman–Crippen LogP) is 0.127. The summed E-state index contributed by atoms with van der Waals surface area (Å²) < 4.78 is 12.9. The number of hydrogen-bond donors (Lipinski definition) is 4. The number of pyridine rings is 1. The molecule has 0 radical (unpaired) electrons. The molecule has 10 nitrogen and oxygen atoms in total. The normalized spacial score (nSPS) is 28.4. The van der Waals surface area contributed by atoms with Crippen molar-refractivity contribution in [3.63, 3.8) is 0 Å². The molecule has 0 aromatic carbocycles. The fourth-order valence-electron chi connectivity index (χ4n) is 3.87. The van der Waals surface area contributed by atoms with Gasteiger partial charge in [-0.1, -0.05) is 11.1 Å². The smallest absolute Gasteiger partial charge is 0.180 e. The number of nitrogen functional groups attached to an aromatic ring is 1. The van der Waals surface area contributed by atoms with Gasteiger partial charge in [-0.05, 0) is 6.07 Å². The van der Waals surface area contributed by atoms with Crippen molar-refractivity contribution in [3.8, 4) is 23.7 Å². The average molecular weight is 461 g/mol. The largest absolute Gasteiger partial charge is 0.394 e. The number of anilines is 1. The number of terminal acetylenes is 1. The number of hydrogen-bond acceptors (Lipinski definition) is 11. The molecule has 1 aliphatic heterocycles. The predicted molar refractivity (Wildman–Crippen MR) is 116 cm³/mol. The Labute approximate surface area is 187 Å². The van der Waals surface area contributed by atoms with E-state index in [9.17, 15) is 10.2 Å². The van der Waals surface area contributed by atoms with Crippen LogP contribution in [-0.2, 0) is 15.0 Å². The first-order valence-electron chi connectivity index (χ1n) is 9.17. The molecule has 3 aromatic heterocycles. The summed E-state index contributed by atoms with van der Waals surface area (Å²) >= 11 is 5.79. The molecule has 3 aromatic rings. The summed E-state index contributed by atoms with van der Waals surface area (Å²) in [5.41, 5.74) is 5.48. The van der Waals surface area contributed by atoms with Gasteiger partial charge in [-0.2, -0.15) is 0 Å². The standard InChI is InChI=1S/C19H20N6O4S2/c1-3-10-4-11(6-21-5-10)19(15(27)14(8-26)29-17(30)16(19)28-2)25-7-12(23-24-25)13-9-31-18(20)22-13/h1,4-7,9,14-17,26-27,30H,8H2,2H3,(H2,20,22)/t14-,15+,16+,17-,19?/m1/s1. The Morgan fingerprint density at radius 3 is 2.90 bits per heavy atom. The Hall–Kier alpha value is -2.53. The van der Waals surface area contributed by atoms with Crippen LogP contribution in [0.5, 0.6) is 0 Å². The molecule has 1 unspecified atom stereocenters. The van der Waals surface area contributed by atoms with Gasteiger partial charge in [-0.3, -0.25) is 4.98 Å². The van der Waals surface area contributed by atoms with Gasteiger partial charge >= 0.3 is 0 Å². The first-order valence-corrected chi connectivity index (χ1v) is 10.6. The lowest BCUT2D eigenvalue weighted by atomic mass is 9.75. The molecule has 162 valence electrons. The number of methoxy groups -OCH3 is 1. The molecule has 1 aliphatic rings.